The molecule has 1 fully saturated rings. The molecular weight excluding hydrogens is 319 g/mol. The molecule has 1 heterocycles. The molecule has 2 aromatic carbocycles. The number of nitrogens with zero attached hydrogens (tertiary/aromatic N) is 2. The van der Waals surface area contributed by atoms with Crippen LogP contribution in [0, 0.1) is 5.82 Å². The minimum atomic E-state index is -0.515. The van der Waals surface area contributed by atoms with Crippen molar-refractivity contribution in [2.45, 2.75) is 13.0 Å². The molecule has 1 N–H and O–H groups in total. The van der Waals surface area contributed by atoms with E-state index < -0.39 is 6.10 Å². The topological polar surface area (TPSA) is 43.8 Å². The summed E-state index contributed by atoms with van der Waals surface area (Å²) in [6, 6.07) is 14.3. The first-order valence-electron chi connectivity index (χ1n) is 8.55. The molecule has 5 heteroatoms. The van der Waals surface area contributed by atoms with Crippen LogP contribution in [-0.4, -0.2) is 48.5 Å². The molecule has 132 valence electrons. The van der Waals surface area contributed by atoms with E-state index in [9.17, 15) is 14.3 Å². The number of piperazine rings is 1. The second-order valence-electron chi connectivity index (χ2n) is 6.44. The zero-order chi connectivity index (χ0) is 17.8. The number of rotatable bonds is 5. The van der Waals surface area contributed by atoms with E-state index >= 15 is 0 Å². The molecule has 0 saturated carbocycles. The molecule has 0 spiro atoms. The lowest BCUT2D eigenvalue weighted by Crippen LogP contribution is -2.47. The minimum absolute atomic E-state index is 0.134. The molecule has 2 aromatic rings. The molecule has 3 rings (SSSR count). The quantitative estimate of drug-likeness (QED) is 0.849. The fourth-order valence-electron chi connectivity index (χ4n) is 3.18. The van der Waals surface area contributed by atoms with E-state index in [4.69, 9.17) is 0 Å². The van der Waals surface area contributed by atoms with E-state index in [2.05, 4.69) is 4.90 Å². The van der Waals surface area contributed by atoms with Gasteiger partial charge in [0.1, 0.15) is 5.82 Å². The predicted molar refractivity (Wildman–Crippen MR) is 96.5 cm³/mol. The van der Waals surface area contributed by atoms with Crippen LogP contribution in [0.2, 0.25) is 0 Å². The summed E-state index contributed by atoms with van der Waals surface area (Å²) < 4.78 is 14.3. The molecule has 25 heavy (non-hydrogen) atoms. The summed E-state index contributed by atoms with van der Waals surface area (Å²) in [7, 11) is 0. The first-order chi connectivity index (χ1) is 12.0. The van der Waals surface area contributed by atoms with Crippen LogP contribution in [0.3, 0.4) is 0 Å². The lowest BCUT2D eigenvalue weighted by molar-refractivity contribution is 0.101. The molecule has 0 amide bonds. The highest BCUT2D eigenvalue weighted by Gasteiger charge is 2.22. The zero-order valence-electron chi connectivity index (χ0n) is 14.4. The molecule has 4 nitrogen and oxygen atoms in total. The number of benzene rings is 2. The van der Waals surface area contributed by atoms with Crippen molar-refractivity contribution in [3.63, 3.8) is 0 Å². The summed E-state index contributed by atoms with van der Waals surface area (Å²) in [6.07, 6.45) is -0.515. The maximum absolute atomic E-state index is 14.3. The van der Waals surface area contributed by atoms with Gasteiger partial charge in [-0.2, -0.15) is 0 Å². The maximum Gasteiger partial charge on any atom is 0.159 e. The van der Waals surface area contributed by atoms with Gasteiger partial charge in [-0.1, -0.05) is 30.3 Å². The van der Waals surface area contributed by atoms with Gasteiger partial charge in [0.05, 0.1) is 11.8 Å². The van der Waals surface area contributed by atoms with Crippen LogP contribution in [0.4, 0.5) is 10.1 Å². The Morgan fingerprint density at radius 3 is 2.40 bits per heavy atom. The first kappa shape index (κ1) is 17.6. The van der Waals surface area contributed by atoms with Crippen molar-refractivity contribution < 1.29 is 14.3 Å². The van der Waals surface area contributed by atoms with Gasteiger partial charge in [-0.3, -0.25) is 9.69 Å². The van der Waals surface area contributed by atoms with Gasteiger partial charge < -0.3 is 10.0 Å². The van der Waals surface area contributed by atoms with Crippen LogP contribution in [0.25, 0.3) is 0 Å². The summed E-state index contributed by atoms with van der Waals surface area (Å²) in [5.74, 6) is -0.490. The Hall–Kier alpha value is -2.24. The molecule has 0 aliphatic carbocycles. The Kier molecular flexibility index (Phi) is 5.46. The van der Waals surface area contributed by atoms with Gasteiger partial charge in [0.2, 0.25) is 0 Å². The maximum atomic E-state index is 14.3. The van der Waals surface area contributed by atoms with E-state index in [0.29, 0.717) is 30.9 Å². The number of carbonyl (C=O) groups is 1. The number of halogens is 1. The predicted octanol–water partition coefficient (Wildman–Crippen LogP) is 2.88. The number of aliphatic hydroxyl groups is 1. The van der Waals surface area contributed by atoms with E-state index in [1.807, 2.05) is 35.2 Å². The molecular formula is C20H23FN2O2. The Bertz CT molecular complexity index is 728. The summed E-state index contributed by atoms with van der Waals surface area (Å²) >= 11 is 0. The fraction of sp³-hybridized carbons (Fsp3) is 0.350. The second kappa shape index (κ2) is 7.76. The lowest BCUT2D eigenvalue weighted by Gasteiger charge is -2.37. The van der Waals surface area contributed by atoms with Gasteiger partial charge in [-0.05, 0) is 30.7 Å². The average molecular weight is 342 g/mol. The highest BCUT2D eigenvalue weighted by atomic mass is 19.1. The third-order valence-electron chi connectivity index (χ3n) is 4.68. The van der Waals surface area contributed by atoms with Crippen molar-refractivity contribution in [3.05, 3.63) is 65.5 Å². The molecule has 0 radical (unpaired) electrons. The van der Waals surface area contributed by atoms with E-state index in [1.165, 1.54) is 13.0 Å². The fourth-order valence-corrected chi connectivity index (χ4v) is 3.18. The van der Waals surface area contributed by atoms with Gasteiger partial charge in [0.15, 0.2) is 5.78 Å². The van der Waals surface area contributed by atoms with E-state index in [1.54, 1.807) is 12.1 Å². The average Bonchev–Trinajstić information content (AvgIpc) is 2.63. The summed E-state index contributed by atoms with van der Waals surface area (Å²) in [6.45, 7) is 4.92. The van der Waals surface area contributed by atoms with Crippen molar-refractivity contribution in [3.8, 4) is 0 Å². The van der Waals surface area contributed by atoms with Crippen LogP contribution in [0.1, 0.15) is 28.9 Å². The number of anilines is 1. The van der Waals surface area contributed by atoms with Crippen molar-refractivity contribution in [2.75, 3.05) is 37.6 Å². The van der Waals surface area contributed by atoms with Crippen LogP contribution in [0.5, 0.6) is 0 Å². The normalized spacial score (nSPS) is 16.7. The highest BCUT2D eigenvalue weighted by molar-refractivity contribution is 5.94. The monoisotopic (exact) mass is 342 g/mol. The van der Waals surface area contributed by atoms with Gasteiger partial charge >= 0.3 is 0 Å². The van der Waals surface area contributed by atoms with Gasteiger partial charge in [-0.25, -0.2) is 4.39 Å². The highest BCUT2D eigenvalue weighted by Crippen LogP contribution is 2.23. The molecule has 1 saturated heterocycles. The molecule has 0 unspecified atom stereocenters. The van der Waals surface area contributed by atoms with Crippen molar-refractivity contribution in [1.29, 1.82) is 0 Å². The van der Waals surface area contributed by atoms with Crippen molar-refractivity contribution in [2.24, 2.45) is 0 Å². The lowest BCUT2D eigenvalue weighted by atomic mass is 10.1. The summed E-state index contributed by atoms with van der Waals surface area (Å²) in [4.78, 5) is 15.5. The van der Waals surface area contributed by atoms with Crippen molar-refractivity contribution in [1.82, 2.24) is 4.90 Å². The number of ketones is 1. The number of hydrogen-bond donors (Lipinski definition) is 1. The summed E-state index contributed by atoms with van der Waals surface area (Å²) in [5, 5.41) is 10.3. The Balaban J connectivity index is 1.58. The molecule has 0 aromatic heterocycles. The minimum Gasteiger partial charge on any atom is -0.387 e. The zero-order valence-corrected chi connectivity index (χ0v) is 14.4. The number of carbonyl (C=O) groups excluding carboxylic acids is 1. The molecule has 0 bridgehead atoms. The van der Waals surface area contributed by atoms with Gasteiger partial charge in [0.25, 0.3) is 0 Å². The number of Topliss-reactive ketones (excluding diaryl/α,β-unsaturated/α-hetero) is 1. The van der Waals surface area contributed by atoms with Crippen LogP contribution in [0.15, 0.2) is 48.5 Å². The third-order valence-corrected chi connectivity index (χ3v) is 4.68. The van der Waals surface area contributed by atoms with Crippen LogP contribution < -0.4 is 4.90 Å². The van der Waals surface area contributed by atoms with E-state index in [-0.39, 0.29) is 11.6 Å². The van der Waals surface area contributed by atoms with Crippen molar-refractivity contribution >= 4 is 11.5 Å². The SMILES string of the molecule is CC(=O)c1ccc(N2CCN(C[C@@H](O)c3ccccc3)CC2)c(F)c1. The van der Waals surface area contributed by atoms with E-state index in [0.717, 1.165) is 18.7 Å². The smallest absolute Gasteiger partial charge is 0.159 e. The number of β-amino-alcohol motifs (C(OH)–C–C–N with tert-alkyl or cyclic N) is 1. The number of aliphatic hydroxyl groups excluding tert-OH is 1. The van der Waals surface area contributed by atoms with Crippen LogP contribution >= 0.6 is 0 Å². The van der Waals surface area contributed by atoms with Gasteiger partial charge in [-0.15, -0.1) is 0 Å². The summed E-state index contributed by atoms with van der Waals surface area (Å²) in [5.41, 5.74) is 1.84. The third kappa shape index (κ3) is 4.24. The Labute approximate surface area is 147 Å². The first-order valence-corrected chi connectivity index (χ1v) is 8.55. The molecule has 1 atom stereocenters. The Morgan fingerprint density at radius 1 is 1.12 bits per heavy atom. The second-order valence-corrected chi connectivity index (χ2v) is 6.44. The Morgan fingerprint density at radius 2 is 1.80 bits per heavy atom. The number of hydrogen-bond acceptors (Lipinski definition) is 4. The van der Waals surface area contributed by atoms with Crippen LogP contribution in [-0.2, 0) is 0 Å². The van der Waals surface area contributed by atoms with Gasteiger partial charge in [0, 0.05) is 38.3 Å². The largest absolute Gasteiger partial charge is 0.387 e. The molecule has 1 aliphatic rings. The standard InChI is InChI=1S/C20H23FN2O2/c1-15(24)17-7-8-19(18(21)13-17)23-11-9-22(10-12-23)14-20(25)16-5-3-2-4-6-16/h2-8,13,20,25H,9-12,14H2,1H3/t20-/m1/s1. The molecule has 1 aliphatic heterocycles.